The fraction of sp³-hybridized carbons (Fsp3) is 0.846. The summed E-state index contributed by atoms with van der Waals surface area (Å²) >= 11 is 0. The maximum Gasteiger partial charge on any atom is 0.0876 e. The lowest BCUT2D eigenvalue weighted by atomic mass is 9.90. The van der Waals surface area contributed by atoms with E-state index in [4.69, 9.17) is 4.74 Å². The van der Waals surface area contributed by atoms with E-state index in [-0.39, 0.29) is 0 Å². The molecule has 15 heavy (non-hydrogen) atoms. The molecule has 1 aliphatic rings. The van der Waals surface area contributed by atoms with Crippen LogP contribution in [0.3, 0.4) is 0 Å². The first-order valence-corrected chi connectivity index (χ1v) is 6.33. The predicted molar refractivity (Wildman–Crippen MR) is 64.8 cm³/mol. The molecule has 2 unspecified atom stereocenters. The molecule has 0 spiro atoms. The SMILES string of the molecule is CCCNC(C1=COCCC1)C(C)CC. The van der Waals surface area contributed by atoms with Gasteiger partial charge in [-0.2, -0.15) is 0 Å². The molecule has 1 rings (SSSR count). The fourth-order valence-electron chi connectivity index (χ4n) is 2.05. The van der Waals surface area contributed by atoms with Crippen molar-refractivity contribution in [2.75, 3.05) is 13.2 Å². The lowest BCUT2D eigenvalue weighted by Gasteiger charge is -2.28. The molecule has 2 nitrogen and oxygen atoms in total. The predicted octanol–water partition coefficient (Wildman–Crippen LogP) is 3.10. The molecule has 2 atom stereocenters. The van der Waals surface area contributed by atoms with Crippen molar-refractivity contribution in [3.8, 4) is 0 Å². The number of rotatable bonds is 6. The van der Waals surface area contributed by atoms with Crippen molar-refractivity contribution >= 4 is 0 Å². The summed E-state index contributed by atoms with van der Waals surface area (Å²) < 4.78 is 5.44. The molecule has 0 amide bonds. The minimum Gasteiger partial charge on any atom is -0.501 e. The molecule has 0 aromatic rings. The molecule has 0 radical (unpaired) electrons. The van der Waals surface area contributed by atoms with Crippen LogP contribution in [0.15, 0.2) is 11.8 Å². The summed E-state index contributed by atoms with van der Waals surface area (Å²) in [5.74, 6) is 0.699. The topological polar surface area (TPSA) is 21.3 Å². The molecule has 88 valence electrons. The first-order chi connectivity index (χ1) is 7.29. The monoisotopic (exact) mass is 211 g/mol. The molecule has 1 aliphatic heterocycles. The molecule has 0 saturated heterocycles. The highest BCUT2D eigenvalue weighted by Crippen LogP contribution is 2.22. The first kappa shape index (κ1) is 12.6. The lowest BCUT2D eigenvalue weighted by Crippen LogP contribution is -2.37. The van der Waals surface area contributed by atoms with Gasteiger partial charge in [-0.05, 0) is 37.3 Å². The summed E-state index contributed by atoms with van der Waals surface area (Å²) in [6.07, 6.45) is 6.78. The van der Waals surface area contributed by atoms with Crippen molar-refractivity contribution in [3.05, 3.63) is 11.8 Å². The highest BCUT2D eigenvalue weighted by Gasteiger charge is 2.21. The van der Waals surface area contributed by atoms with Crippen LogP contribution in [-0.4, -0.2) is 19.2 Å². The van der Waals surface area contributed by atoms with Crippen LogP contribution >= 0.6 is 0 Å². The van der Waals surface area contributed by atoms with Crippen LogP contribution in [0.5, 0.6) is 0 Å². The molecule has 1 N–H and O–H groups in total. The Kier molecular flexibility index (Phi) is 5.77. The van der Waals surface area contributed by atoms with E-state index in [2.05, 4.69) is 26.1 Å². The van der Waals surface area contributed by atoms with E-state index in [0.717, 1.165) is 13.2 Å². The summed E-state index contributed by atoms with van der Waals surface area (Å²) in [7, 11) is 0. The van der Waals surface area contributed by atoms with Crippen molar-refractivity contribution in [1.82, 2.24) is 5.32 Å². The van der Waals surface area contributed by atoms with Gasteiger partial charge in [0.25, 0.3) is 0 Å². The minimum atomic E-state index is 0.523. The summed E-state index contributed by atoms with van der Waals surface area (Å²) in [5.41, 5.74) is 1.46. The van der Waals surface area contributed by atoms with Gasteiger partial charge in [0.15, 0.2) is 0 Å². The maximum absolute atomic E-state index is 5.44. The van der Waals surface area contributed by atoms with E-state index in [1.165, 1.54) is 31.3 Å². The van der Waals surface area contributed by atoms with Gasteiger partial charge in [0.2, 0.25) is 0 Å². The molecule has 1 heterocycles. The molecule has 0 aromatic carbocycles. The van der Waals surface area contributed by atoms with Gasteiger partial charge in [-0.3, -0.25) is 0 Å². The second kappa shape index (κ2) is 6.89. The maximum atomic E-state index is 5.44. The Balaban J connectivity index is 2.57. The summed E-state index contributed by atoms with van der Waals surface area (Å²) in [5, 5.41) is 3.64. The zero-order chi connectivity index (χ0) is 11.1. The third kappa shape index (κ3) is 3.86. The molecule has 0 aromatic heterocycles. The summed E-state index contributed by atoms with van der Waals surface area (Å²) in [4.78, 5) is 0. The summed E-state index contributed by atoms with van der Waals surface area (Å²) in [6, 6.07) is 0.523. The Morgan fingerprint density at radius 1 is 1.47 bits per heavy atom. The number of hydrogen-bond donors (Lipinski definition) is 1. The van der Waals surface area contributed by atoms with Gasteiger partial charge in [-0.1, -0.05) is 27.2 Å². The Morgan fingerprint density at radius 3 is 2.80 bits per heavy atom. The van der Waals surface area contributed by atoms with E-state index in [1.807, 2.05) is 6.26 Å². The molecule has 0 aliphatic carbocycles. The zero-order valence-corrected chi connectivity index (χ0v) is 10.4. The van der Waals surface area contributed by atoms with Crippen LogP contribution < -0.4 is 5.32 Å². The van der Waals surface area contributed by atoms with Gasteiger partial charge in [0, 0.05) is 6.04 Å². The van der Waals surface area contributed by atoms with E-state index >= 15 is 0 Å². The van der Waals surface area contributed by atoms with Gasteiger partial charge in [0.1, 0.15) is 0 Å². The molecular formula is C13H25NO. The second-order valence-electron chi connectivity index (χ2n) is 4.48. The Hall–Kier alpha value is -0.500. The smallest absolute Gasteiger partial charge is 0.0876 e. The van der Waals surface area contributed by atoms with Crippen LogP contribution in [0.2, 0.25) is 0 Å². The molecule has 0 saturated carbocycles. The van der Waals surface area contributed by atoms with Crippen molar-refractivity contribution in [2.24, 2.45) is 5.92 Å². The Bertz CT molecular complexity index is 201. The van der Waals surface area contributed by atoms with E-state index in [0.29, 0.717) is 12.0 Å². The van der Waals surface area contributed by atoms with Gasteiger partial charge >= 0.3 is 0 Å². The highest BCUT2D eigenvalue weighted by molar-refractivity contribution is 5.11. The summed E-state index contributed by atoms with van der Waals surface area (Å²) in [6.45, 7) is 8.79. The van der Waals surface area contributed by atoms with Crippen LogP contribution in [0.25, 0.3) is 0 Å². The normalized spacial score (nSPS) is 20.3. The average molecular weight is 211 g/mol. The van der Waals surface area contributed by atoms with Gasteiger partial charge < -0.3 is 10.1 Å². The number of ether oxygens (including phenoxy) is 1. The van der Waals surface area contributed by atoms with E-state index in [9.17, 15) is 0 Å². The van der Waals surface area contributed by atoms with Crippen molar-refractivity contribution in [2.45, 2.75) is 52.5 Å². The third-order valence-electron chi connectivity index (χ3n) is 3.19. The van der Waals surface area contributed by atoms with Crippen LogP contribution in [0.1, 0.15) is 46.5 Å². The lowest BCUT2D eigenvalue weighted by molar-refractivity contribution is 0.214. The average Bonchev–Trinajstić information content (AvgIpc) is 2.30. The first-order valence-electron chi connectivity index (χ1n) is 6.33. The van der Waals surface area contributed by atoms with Gasteiger partial charge in [-0.15, -0.1) is 0 Å². The minimum absolute atomic E-state index is 0.523. The highest BCUT2D eigenvalue weighted by atomic mass is 16.5. The van der Waals surface area contributed by atoms with Crippen LogP contribution in [0.4, 0.5) is 0 Å². The largest absolute Gasteiger partial charge is 0.501 e. The van der Waals surface area contributed by atoms with E-state index < -0.39 is 0 Å². The quantitative estimate of drug-likeness (QED) is 0.729. The van der Waals surface area contributed by atoms with Crippen molar-refractivity contribution < 1.29 is 4.74 Å². The standard InChI is InChI=1S/C13H25NO/c1-4-8-14-13(11(3)5-2)12-7-6-9-15-10-12/h10-11,13-14H,4-9H2,1-3H3. The Morgan fingerprint density at radius 2 is 2.27 bits per heavy atom. The zero-order valence-electron chi connectivity index (χ0n) is 10.4. The molecule has 0 fully saturated rings. The molecular weight excluding hydrogens is 186 g/mol. The number of nitrogens with one attached hydrogen (secondary N) is 1. The molecule has 0 bridgehead atoms. The fourth-order valence-corrected chi connectivity index (χ4v) is 2.05. The van der Waals surface area contributed by atoms with Gasteiger partial charge in [0.05, 0.1) is 12.9 Å². The van der Waals surface area contributed by atoms with Crippen LogP contribution in [-0.2, 0) is 4.74 Å². The Labute approximate surface area is 94.1 Å². The molecule has 2 heteroatoms. The van der Waals surface area contributed by atoms with E-state index in [1.54, 1.807) is 0 Å². The number of hydrogen-bond acceptors (Lipinski definition) is 2. The third-order valence-corrected chi connectivity index (χ3v) is 3.19. The van der Waals surface area contributed by atoms with Crippen LogP contribution in [0, 0.1) is 5.92 Å². The second-order valence-corrected chi connectivity index (χ2v) is 4.48. The van der Waals surface area contributed by atoms with Gasteiger partial charge in [-0.25, -0.2) is 0 Å². The van der Waals surface area contributed by atoms with Crippen molar-refractivity contribution in [3.63, 3.8) is 0 Å². The van der Waals surface area contributed by atoms with Crippen molar-refractivity contribution in [1.29, 1.82) is 0 Å².